The summed E-state index contributed by atoms with van der Waals surface area (Å²) in [5, 5.41) is 0. The molecule has 0 aliphatic carbocycles. The van der Waals surface area contributed by atoms with Crippen LogP contribution in [0, 0.1) is 0 Å². The van der Waals surface area contributed by atoms with Gasteiger partial charge in [0.15, 0.2) is 0 Å². The van der Waals surface area contributed by atoms with Gasteiger partial charge in [-0.05, 0) is 36.6 Å². The lowest BCUT2D eigenvalue weighted by molar-refractivity contribution is -0.138. The minimum atomic E-state index is -0.520. The van der Waals surface area contributed by atoms with Gasteiger partial charge in [-0.25, -0.2) is 4.79 Å². The Bertz CT molecular complexity index is 812. The van der Waals surface area contributed by atoms with Gasteiger partial charge in [0, 0.05) is 5.56 Å². The van der Waals surface area contributed by atoms with Gasteiger partial charge >= 0.3 is 5.97 Å². The van der Waals surface area contributed by atoms with Gasteiger partial charge in [-0.1, -0.05) is 56.0 Å². The molecule has 5 nitrogen and oxygen atoms in total. The molecule has 2 aromatic carbocycles. The molecule has 0 bridgehead atoms. The smallest absolute Gasteiger partial charge is 0.373 e. The van der Waals surface area contributed by atoms with Gasteiger partial charge in [-0.2, -0.15) is 0 Å². The molecule has 5 heteroatoms. The summed E-state index contributed by atoms with van der Waals surface area (Å²) in [6.07, 6.45) is 2.34. The number of carbonyl (C=O) groups is 1. The number of carbonyl (C=O) groups excluding carboxylic acids is 1. The zero-order valence-corrected chi connectivity index (χ0v) is 16.0. The second-order valence-corrected chi connectivity index (χ2v) is 5.78. The highest BCUT2D eigenvalue weighted by atomic mass is 16.6. The molecule has 0 atom stereocenters. The Morgan fingerprint density at radius 2 is 1.93 bits per heavy atom. The molecular formula is C22H25NO4. The molecule has 0 fully saturated rings. The van der Waals surface area contributed by atoms with E-state index in [0.717, 1.165) is 23.1 Å². The zero-order valence-electron chi connectivity index (χ0n) is 16.0. The van der Waals surface area contributed by atoms with Gasteiger partial charge in [0.05, 0.1) is 19.4 Å². The molecule has 2 aromatic rings. The van der Waals surface area contributed by atoms with E-state index >= 15 is 0 Å². The summed E-state index contributed by atoms with van der Waals surface area (Å²) < 4.78 is 10.5. The number of aryl methyl sites for hydroxylation is 1. The first-order valence-electron chi connectivity index (χ1n) is 8.75. The topological polar surface area (TPSA) is 56.8 Å². The Morgan fingerprint density at radius 1 is 1.19 bits per heavy atom. The number of hydrogen-bond acceptors (Lipinski definition) is 5. The molecule has 27 heavy (non-hydrogen) atoms. The first-order chi connectivity index (χ1) is 13.1. The Balaban J connectivity index is 2.08. The van der Waals surface area contributed by atoms with E-state index in [4.69, 9.17) is 14.3 Å². The highest BCUT2D eigenvalue weighted by Gasteiger charge is 2.14. The SMILES string of the molecule is C=C(NOCc1ccccc1)c1ccc(CC)c(OC(=CC)C(=O)OC)c1. The fourth-order valence-corrected chi connectivity index (χ4v) is 2.41. The summed E-state index contributed by atoms with van der Waals surface area (Å²) in [4.78, 5) is 17.3. The third-order valence-corrected chi connectivity index (χ3v) is 3.94. The van der Waals surface area contributed by atoms with Crippen LogP contribution < -0.4 is 10.2 Å². The molecule has 0 spiro atoms. The molecule has 0 saturated heterocycles. The fourth-order valence-electron chi connectivity index (χ4n) is 2.41. The molecule has 142 valence electrons. The second kappa shape index (κ2) is 10.2. The molecule has 0 aliphatic rings. The van der Waals surface area contributed by atoms with E-state index in [0.29, 0.717) is 18.1 Å². The molecule has 0 aromatic heterocycles. The number of methoxy groups -OCH3 is 1. The molecule has 0 aliphatic heterocycles. The monoisotopic (exact) mass is 367 g/mol. The van der Waals surface area contributed by atoms with E-state index in [1.807, 2.05) is 55.5 Å². The van der Waals surface area contributed by atoms with Crippen molar-refractivity contribution in [1.82, 2.24) is 5.48 Å². The van der Waals surface area contributed by atoms with Crippen molar-refractivity contribution in [1.29, 1.82) is 0 Å². The zero-order chi connectivity index (χ0) is 19.6. The number of rotatable bonds is 9. The van der Waals surface area contributed by atoms with Crippen molar-refractivity contribution in [3.63, 3.8) is 0 Å². The summed E-state index contributed by atoms with van der Waals surface area (Å²) in [6, 6.07) is 15.5. The van der Waals surface area contributed by atoms with Crippen molar-refractivity contribution < 1.29 is 19.1 Å². The molecule has 0 amide bonds. The molecular weight excluding hydrogens is 342 g/mol. The van der Waals surface area contributed by atoms with Crippen molar-refractivity contribution in [2.24, 2.45) is 0 Å². The highest BCUT2D eigenvalue weighted by Crippen LogP contribution is 2.26. The lowest BCUT2D eigenvalue weighted by Gasteiger charge is -2.15. The maximum atomic E-state index is 11.8. The normalized spacial score (nSPS) is 11.0. The van der Waals surface area contributed by atoms with Crippen LogP contribution in [0.15, 0.2) is 66.9 Å². The largest absolute Gasteiger partial charge is 0.463 e. The van der Waals surface area contributed by atoms with Crippen LogP contribution in [0.4, 0.5) is 0 Å². The molecule has 2 rings (SSSR count). The van der Waals surface area contributed by atoms with Gasteiger partial charge in [0.1, 0.15) is 5.75 Å². The Labute approximate surface area is 160 Å². The van der Waals surface area contributed by atoms with Crippen LogP contribution >= 0.6 is 0 Å². The van der Waals surface area contributed by atoms with Crippen molar-refractivity contribution >= 4 is 11.7 Å². The van der Waals surface area contributed by atoms with Crippen LogP contribution in [-0.4, -0.2) is 13.1 Å². The summed E-state index contributed by atoms with van der Waals surface area (Å²) >= 11 is 0. The van der Waals surface area contributed by atoms with Crippen LogP contribution in [-0.2, 0) is 27.4 Å². The van der Waals surface area contributed by atoms with Crippen LogP contribution in [0.25, 0.3) is 5.70 Å². The maximum absolute atomic E-state index is 11.8. The molecule has 0 unspecified atom stereocenters. The van der Waals surface area contributed by atoms with Gasteiger partial charge in [0.2, 0.25) is 5.76 Å². The Kier molecular flexibility index (Phi) is 7.64. The van der Waals surface area contributed by atoms with Crippen molar-refractivity contribution in [2.75, 3.05) is 7.11 Å². The van der Waals surface area contributed by atoms with Gasteiger partial charge in [0.25, 0.3) is 0 Å². The van der Waals surface area contributed by atoms with E-state index in [1.54, 1.807) is 13.0 Å². The fraction of sp³-hybridized carbons (Fsp3) is 0.227. The number of nitrogens with one attached hydrogen (secondary N) is 1. The van der Waals surface area contributed by atoms with Gasteiger partial charge in [-0.15, -0.1) is 0 Å². The average molecular weight is 367 g/mol. The van der Waals surface area contributed by atoms with Gasteiger partial charge in [-0.3, -0.25) is 10.3 Å². The molecule has 0 radical (unpaired) electrons. The summed E-state index contributed by atoms with van der Waals surface area (Å²) in [5.41, 5.74) is 6.28. The summed E-state index contributed by atoms with van der Waals surface area (Å²) in [5.74, 6) is 0.205. The number of hydrogen-bond donors (Lipinski definition) is 1. The number of benzene rings is 2. The van der Waals surface area contributed by atoms with E-state index in [9.17, 15) is 4.79 Å². The van der Waals surface area contributed by atoms with Crippen LogP contribution in [0.2, 0.25) is 0 Å². The third kappa shape index (κ3) is 5.72. The highest BCUT2D eigenvalue weighted by molar-refractivity contribution is 5.86. The van der Waals surface area contributed by atoms with E-state index in [2.05, 4.69) is 12.1 Å². The Hall–Kier alpha value is -3.05. The molecule has 0 saturated carbocycles. The molecule has 1 N–H and O–H groups in total. The van der Waals surface area contributed by atoms with Crippen LogP contribution in [0.1, 0.15) is 30.5 Å². The minimum absolute atomic E-state index is 0.142. The predicted octanol–water partition coefficient (Wildman–Crippen LogP) is 4.40. The van der Waals surface area contributed by atoms with Crippen LogP contribution in [0.5, 0.6) is 5.75 Å². The third-order valence-electron chi connectivity index (χ3n) is 3.94. The van der Waals surface area contributed by atoms with E-state index in [-0.39, 0.29) is 5.76 Å². The Morgan fingerprint density at radius 3 is 2.56 bits per heavy atom. The van der Waals surface area contributed by atoms with Gasteiger partial charge < -0.3 is 9.47 Å². The number of hydroxylamine groups is 1. The predicted molar refractivity (Wildman–Crippen MR) is 106 cm³/mol. The lowest BCUT2D eigenvalue weighted by atomic mass is 10.1. The number of allylic oxidation sites excluding steroid dienone is 1. The lowest BCUT2D eigenvalue weighted by Crippen LogP contribution is -2.13. The quantitative estimate of drug-likeness (QED) is 0.308. The minimum Gasteiger partial charge on any atom is -0.463 e. The van der Waals surface area contributed by atoms with Crippen molar-refractivity contribution in [2.45, 2.75) is 26.9 Å². The molecule has 0 heterocycles. The van der Waals surface area contributed by atoms with Crippen LogP contribution in [0.3, 0.4) is 0 Å². The standard InChI is InChI=1S/C22H25NO4/c1-5-18-12-13-19(14-21(18)27-20(6-2)22(24)25-4)16(3)23-26-15-17-10-8-7-9-11-17/h6-14,23H,3,5,15H2,1-2,4H3. The average Bonchev–Trinajstić information content (AvgIpc) is 2.71. The van der Waals surface area contributed by atoms with Crippen molar-refractivity contribution in [3.05, 3.63) is 83.6 Å². The summed E-state index contributed by atoms with van der Waals surface area (Å²) in [6.45, 7) is 8.16. The summed E-state index contributed by atoms with van der Waals surface area (Å²) in [7, 11) is 1.32. The van der Waals surface area contributed by atoms with Crippen molar-refractivity contribution in [3.8, 4) is 5.75 Å². The van der Waals surface area contributed by atoms with E-state index < -0.39 is 5.97 Å². The number of esters is 1. The first kappa shape index (κ1) is 20.3. The first-order valence-corrected chi connectivity index (χ1v) is 8.75. The second-order valence-electron chi connectivity index (χ2n) is 5.78. The maximum Gasteiger partial charge on any atom is 0.373 e. The van der Waals surface area contributed by atoms with E-state index in [1.165, 1.54) is 7.11 Å². The number of ether oxygens (including phenoxy) is 2.